The molecule has 0 spiro atoms. The Kier molecular flexibility index (Phi) is 8.13. The van der Waals surface area contributed by atoms with Crippen LogP contribution in [0.15, 0.2) is 109 Å². The van der Waals surface area contributed by atoms with Crippen LogP contribution in [-0.2, 0) is 0 Å². The number of nitrogens with zero attached hydrogens (tertiary/aromatic N) is 3. The van der Waals surface area contributed by atoms with Crippen molar-refractivity contribution in [3.63, 3.8) is 0 Å². The summed E-state index contributed by atoms with van der Waals surface area (Å²) in [4.78, 5) is 16.6. The molecule has 0 unspecified atom stereocenters. The average molecular weight is 519 g/mol. The van der Waals surface area contributed by atoms with Crippen molar-refractivity contribution in [3.8, 4) is 33.8 Å². The lowest BCUT2D eigenvalue weighted by atomic mass is 10.0. The molecule has 0 saturated heterocycles. The molecule has 3 N–H and O–H groups in total. The maximum Gasteiger partial charge on any atom is 0.319 e. The monoisotopic (exact) mass is 518 g/mol. The van der Waals surface area contributed by atoms with Crippen molar-refractivity contribution in [2.45, 2.75) is 6.42 Å². The third kappa shape index (κ3) is 6.61. The van der Waals surface area contributed by atoms with Gasteiger partial charge in [0.25, 0.3) is 0 Å². The number of aromatic nitrogens is 3. The Labute approximate surface area is 227 Å². The zero-order valence-corrected chi connectivity index (χ0v) is 21.7. The maximum atomic E-state index is 12.1. The van der Waals surface area contributed by atoms with Gasteiger partial charge in [-0.2, -0.15) is 5.10 Å². The number of nitrogens with one attached hydrogen (secondary N) is 3. The quantitative estimate of drug-likeness (QED) is 0.191. The lowest BCUT2D eigenvalue weighted by Gasteiger charge is -2.10. The summed E-state index contributed by atoms with van der Waals surface area (Å²) in [6.07, 6.45) is 4.58. The second-order valence-corrected chi connectivity index (χ2v) is 8.86. The number of carbonyl (C=O) groups is 1. The minimum atomic E-state index is -0.221. The molecule has 0 aliphatic carbocycles. The first-order chi connectivity index (χ1) is 19.2. The number of ether oxygens (including phenoxy) is 1. The van der Waals surface area contributed by atoms with E-state index in [0.717, 1.165) is 51.7 Å². The van der Waals surface area contributed by atoms with E-state index in [1.807, 2.05) is 108 Å². The van der Waals surface area contributed by atoms with Gasteiger partial charge < -0.3 is 20.7 Å². The minimum absolute atomic E-state index is 0.221. The standard InChI is InChI=1S/C31H30N6O2/c1-39-27-15-8-10-24(20-27)30-28(22-37(36-30)26-13-6-3-7-14-26)23-16-19-33-29(21-23)32-17-9-18-34-31(38)35-25-11-4-2-5-12-25/h2-8,10-16,19-22H,9,17-18H2,1H3,(H,32,33)(H2,34,35,38). The van der Waals surface area contributed by atoms with E-state index in [0.29, 0.717) is 13.1 Å². The highest BCUT2D eigenvalue weighted by atomic mass is 16.5. The van der Waals surface area contributed by atoms with Gasteiger partial charge in [-0.05, 0) is 60.5 Å². The Morgan fingerprint density at radius 1 is 0.872 bits per heavy atom. The third-order valence-corrected chi connectivity index (χ3v) is 6.13. The summed E-state index contributed by atoms with van der Waals surface area (Å²) < 4.78 is 7.35. The summed E-state index contributed by atoms with van der Waals surface area (Å²) in [5, 5.41) is 14.0. The summed E-state index contributed by atoms with van der Waals surface area (Å²) >= 11 is 0. The second kappa shape index (κ2) is 12.4. The highest BCUT2D eigenvalue weighted by molar-refractivity contribution is 5.89. The van der Waals surface area contributed by atoms with Crippen LogP contribution in [0.25, 0.3) is 28.1 Å². The van der Waals surface area contributed by atoms with Crippen molar-refractivity contribution in [1.29, 1.82) is 0 Å². The first-order valence-corrected chi connectivity index (χ1v) is 12.8. The molecule has 8 heteroatoms. The van der Waals surface area contributed by atoms with E-state index in [9.17, 15) is 4.79 Å². The fourth-order valence-electron chi connectivity index (χ4n) is 4.18. The molecule has 3 aromatic carbocycles. The molecule has 0 aliphatic heterocycles. The Hall–Kier alpha value is -5.11. The van der Waals surface area contributed by atoms with Gasteiger partial charge in [-0.25, -0.2) is 14.5 Å². The van der Waals surface area contributed by atoms with Crippen molar-refractivity contribution >= 4 is 17.5 Å². The zero-order chi connectivity index (χ0) is 26.9. The minimum Gasteiger partial charge on any atom is -0.497 e. The van der Waals surface area contributed by atoms with Gasteiger partial charge in [0.15, 0.2) is 0 Å². The van der Waals surface area contributed by atoms with Gasteiger partial charge in [0, 0.05) is 42.3 Å². The van der Waals surface area contributed by atoms with E-state index in [4.69, 9.17) is 9.84 Å². The van der Waals surface area contributed by atoms with Crippen LogP contribution in [0, 0.1) is 0 Å². The molecule has 39 heavy (non-hydrogen) atoms. The zero-order valence-electron chi connectivity index (χ0n) is 21.7. The van der Waals surface area contributed by atoms with E-state index in [-0.39, 0.29) is 6.03 Å². The first kappa shape index (κ1) is 25.5. The van der Waals surface area contributed by atoms with Crippen molar-refractivity contribution < 1.29 is 9.53 Å². The highest BCUT2D eigenvalue weighted by Gasteiger charge is 2.15. The highest BCUT2D eigenvalue weighted by Crippen LogP contribution is 2.34. The number of anilines is 2. The molecule has 0 aliphatic rings. The molecule has 2 aromatic heterocycles. The smallest absolute Gasteiger partial charge is 0.319 e. The van der Waals surface area contributed by atoms with Gasteiger partial charge in [0.05, 0.1) is 12.8 Å². The molecular formula is C31H30N6O2. The van der Waals surface area contributed by atoms with E-state index < -0.39 is 0 Å². The summed E-state index contributed by atoms with van der Waals surface area (Å²) in [7, 11) is 1.66. The molecule has 2 heterocycles. The number of benzene rings is 3. The van der Waals surface area contributed by atoms with Crippen LogP contribution >= 0.6 is 0 Å². The molecule has 196 valence electrons. The Morgan fingerprint density at radius 2 is 1.67 bits per heavy atom. The van der Waals surface area contributed by atoms with Gasteiger partial charge in [0.2, 0.25) is 0 Å². The predicted molar refractivity (Wildman–Crippen MR) is 155 cm³/mol. The number of para-hydroxylation sites is 2. The molecular weight excluding hydrogens is 488 g/mol. The third-order valence-electron chi connectivity index (χ3n) is 6.13. The molecule has 0 fully saturated rings. The molecule has 5 rings (SSSR count). The number of hydrogen-bond donors (Lipinski definition) is 3. The topological polar surface area (TPSA) is 93.1 Å². The van der Waals surface area contributed by atoms with E-state index in [2.05, 4.69) is 20.9 Å². The van der Waals surface area contributed by atoms with Crippen LogP contribution in [0.2, 0.25) is 0 Å². The van der Waals surface area contributed by atoms with Gasteiger partial charge in [-0.3, -0.25) is 0 Å². The van der Waals surface area contributed by atoms with Crippen LogP contribution in [0.4, 0.5) is 16.3 Å². The maximum absolute atomic E-state index is 12.1. The lowest BCUT2D eigenvalue weighted by Crippen LogP contribution is -2.30. The van der Waals surface area contributed by atoms with Gasteiger partial charge in [0.1, 0.15) is 17.3 Å². The number of pyridine rings is 1. The van der Waals surface area contributed by atoms with Crippen LogP contribution in [0.5, 0.6) is 5.75 Å². The van der Waals surface area contributed by atoms with Crippen molar-refractivity contribution in [2.24, 2.45) is 0 Å². The predicted octanol–water partition coefficient (Wildman–Crippen LogP) is 6.23. The first-order valence-electron chi connectivity index (χ1n) is 12.8. The molecule has 8 nitrogen and oxygen atoms in total. The van der Waals surface area contributed by atoms with Gasteiger partial charge >= 0.3 is 6.03 Å². The normalized spacial score (nSPS) is 10.6. The number of urea groups is 1. The van der Waals surface area contributed by atoms with Crippen molar-refractivity contribution in [3.05, 3.63) is 109 Å². The molecule has 0 radical (unpaired) electrons. The van der Waals surface area contributed by atoms with Gasteiger partial charge in [-0.15, -0.1) is 0 Å². The largest absolute Gasteiger partial charge is 0.497 e. The van der Waals surface area contributed by atoms with Crippen LogP contribution < -0.4 is 20.7 Å². The Bertz CT molecular complexity index is 1520. The number of rotatable bonds is 10. The van der Waals surface area contributed by atoms with Gasteiger partial charge in [-0.1, -0.05) is 48.5 Å². The number of methoxy groups -OCH3 is 1. The van der Waals surface area contributed by atoms with Crippen LogP contribution in [0.1, 0.15) is 6.42 Å². The average Bonchev–Trinajstić information content (AvgIpc) is 3.44. The molecule has 2 amide bonds. The van der Waals surface area contributed by atoms with E-state index >= 15 is 0 Å². The second-order valence-electron chi connectivity index (χ2n) is 8.86. The fourth-order valence-corrected chi connectivity index (χ4v) is 4.18. The fraction of sp³-hybridized carbons (Fsp3) is 0.129. The van der Waals surface area contributed by atoms with Crippen molar-refractivity contribution in [2.75, 3.05) is 30.8 Å². The summed E-state index contributed by atoms with van der Waals surface area (Å²) in [5.74, 6) is 1.53. The molecule has 5 aromatic rings. The number of hydrogen-bond acceptors (Lipinski definition) is 5. The lowest BCUT2D eigenvalue weighted by molar-refractivity contribution is 0.252. The summed E-state index contributed by atoms with van der Waals surface area (Å²) in [5.41, 5.74) is 5.53. The summed E-state index contributed by atoms with van der Waals surface area (Å²) in [6.45, 7) is 1.20. The van der Waals surface area contributed by atoms with E-state index in [1.165, 1.54) is 0 Å². The number of amides is 2. The van der Waals surface area contributed by atoms with E-state index in [1.54, 1.807) is 13.3 Å². The molecule has 0 bridgehead atoms. The Balaban J connectivity index is 1.28. The SMILES string of the molecule is COc1cccc(-c2nn(-c3ccccc3)cc2-c2ccnc(NCCCNC(=O)Nc3ccccc3)c2)c1. The molecule has 0 saturated carbocycles. The Morgan fingerprint density at radius 3 is 2.46 bits per heavy atom. The summed E-state index contributed by atoms with van der Waals surface area (Å²) in [6, 6.07) is 31.1. The molecule has 0 atom stereocenters. The van der Waals surface area contributed by atoms with Crippen LogP contribution in [0.3, 0.4) is 0 Å². The van der Waals surface area contributed by atoms with Crippen LogP contribution in [-0.4, -0.2) is 41.0 Å². The van der Waals surface area contributed by atoms with Crippen molar-refractivity contribution in [1.82, 2.24) is 20.1 Å². The number of carbonyl (C=O) groups excluding carboxylic acids is 1.